The number of carbonyl (C=O) groups excluding carboxylic acids is 1. The van der Waals surface area contributed by atoms with Crippen LogP contribution in [-0.2, 0) is 5.41 Å². The van der Waals surface area contributed by atoms with Crippen LogP contribution < -0.4 is 5.32 Å². The lowest BCUT2D eigenvalue weighted by molar-refractivity contribution is 0.0934. The van der Waals surface area contributed by atoms with Crippen molar-refractivity contribution in [2.24, 2.45) is 0 Å². The summed E-state index contributed by atoms with van der Waals surface area (Å²) in [5, 5.41) is 9.45. The van der Waals surface area contributed by atoms with Crippen molar-refractivity contribution in [3.05, 3.63) is 52.9 Å². The van der Waals surface area contributed by atoms with Gasteiger partial charge in [0.1, 0.15) is 17.3 Å². The van der Waals surface area contributed by atoms with Gasteiger partial charge in [-0.1, -0.05) is 26.8 Å². The molecule has 0 aliphatic carbocycles. The fourth-order valence-corrected chi connectivity index (χ4v) is 2.02. The highest BCUT2D eigenvalue weighted by molar-refractivity contribution is 5.92. The third-order valence-electron chi connectivity index (χ3n) is 3.40. The van der Waals surface area contributed by atoms with Crippen LogP contribution in [0.1, 0.15) is 55.5 Å². The smallest absolute Gasteiger partial charge is 0.272 e. The van der Waals surface area contributed by atoms with Crippen molar-refractivity contribution in [2.45, 2.75) is 39.2 Å². The predicted molar refractivity (Wildman–Crippen MR) is 79.5 cm³/mol. The quantitative estimate of drug-likeness (QED) is 0.912. The zero-order chi connectivity index (χ0) is 16.5. The Kier molecular flexibility index (Phi) is 4.30. The van der Waals surface area contributed by atoms with E-state index < -0.39 is 23.6 Å². The van der Waals surface area contributed by atoms with Crippen LogP contribution in [0.15, 0.2) is 24.3 Å². The van der Waals surface area contributed by atoms with Crippen LogP contribution in [0.25, 0.3) is 0 Å². The van der Waals surface area contributed by atoms with E-state index >= 15 is 0 Å². The number of aromatic amines is 1. The Hall–Kier alpha value is -2.24. The van der Waals surface area contributed by atoms with E-state index in [0.29, 0.717) is 0 Å². The summed E-state index contributed by atoms with van der Waals surface area (Å²) in [7, 11) is 0. The van der Waals surface area contributed by atoms with Crippen molar-refractivity contribution in [3.63, 3.8) is 0 Å². The number of rotatable bonds is 3. The summed E-state index contributed by atoms with van der Waals surface area (Å²) in [6.07, 6.45) is 0. The Bertz CT molecular complexity index is 689. The summed E-state index contributed by atoms with van der Waals surface area (Å²) < 4.78 is 26.6. The van der Waals surface area contributed by atoms with E-state index in [1.807, 2.05) is 20.8 Å². The van der Waals surface area contributed by atoms with Crippen molar-refractivity contribution in [1.82, 2.24) is 15.5 Å². The van der Waals surface area contributed by atoms with Crippen molar-refractivity contribution in [3.8, 4) is 0 Å². The van der Waals surface area contributed by atoms with Gasteiger partial charge in [-0.3, -0.25) is 9.89 Å². The third-order valence-corrected chi connectivity index (χ3v) is 3.40. The predicted octanol–water partition coefficient (Wildman–Crippen LogP) is 3.48. The molecule has 0 radical (unpaired) electrons. The molecule has 1 atom stereocenters. The zero-order valence-electron chi connectivity index (χ0n) is 13.0. The minimum atomic E-state index is -0.690. The van der Waals surface area contributed by atoms with E-state index in [-0.39, 0.29) is 16.7 Å². The molecule has 0 spiro atoms. The molecule has 2 rings (SSSR count). The lowest BCUT2D eigenvalue weighted by Crippen LogP contribution is -2.27. The van der Waals surface area contributed by atoms with E-state index in [0.717, 1.165) is 17.8 Å². The summed E-state index contributed by atoms with van der Waals surface area (Å²) in [4.78, 5) is 12.2. The van der Waals surface area contributed by atoms with E-state index in [1.54, 1.807) is 13.0 Å². The molecule has 1 amide bonds. The van der Waals surface area contributed by atoms with E-state index in [2.05, 4.69) is 15.5 Å². The van der Waals surface area contributed by atoms with Crippen molar-refractivity contribution < 1.29 is 13.6 Å². The molecule has 1 aromatic heterocycles. The molecule has 2 aromatic rings. The molecule has 4 nitrogen and oxygen atoms in total. The van der Waals surface area contributed by atoms with E-state index in [4.69, 9.17) is 0 Å². The molecule has 118 valence electrons. The number of amides is 1. The second-order valence-corrected chi connectivity index (χ2v) is 6.28. The van der Waals surface area contributed by atoms with Crippen LogP contribution in [0, 0.1) is 11.6 Å². The lowest BCUT2D eigenvalue weighted by atomic mass is 9.92. The summed E-state index contributed by atoms with van der Waals surface area (Å²) in [6, 6.07) is 4.35. The summed E-state index contributed by atoms with van der Waals surface area (Å²) >= 11 is 0. The van der Waals surface area contributed by atoms with Gasteiger partial charge in [-0.15, -0.1) is 0 Å². The Morgan fingerprint density at radius 3 is 2.50 bits per heavy atom. The van der Waals surface area contributed by atoms with Crippen molar-refractivity contribution in [2.75, 3.05) is 0 Å². The highest BCUT2D eigenvalue weighted by atomic mass is 19.1. The number of halogens is 2. The number of nitrogens with zero attached hydrogens (tertiary/aromatic N) is 1. The SMILES string of the molecule is CC(NC(=O)c1cc(C(C)(C)C)[nH]n1)c1ccc(F)cc1F. The number of carbonyl (C=O) groups is 1. The first-order valence-corrected chi connectivity index (χ1v) is 7.00. The minimum absolute atomic E-state index is 0.153. The Balaban J connectivity index is 2.13. The molecule has 0 fully saturated rings. The van der Waals surface area contributed by atoms with Gasteiger partial charge in [0.15, 0.2) is 0 Å². The first-order chi connectivity index (χ1) is 10.2. The zero-order valence-corrected chi connectivity index (χ0v) is 13.0. The van der Waals surface area contributed by atoms with E-state index in [9.17, 15) is 13.6 Å². The first kappa shape index (κ1) is 16.1. The molecule has 6 heteroatoms. The fourth-order valence-electron chi connectivity index (χ4n) is 2.02. The van der Waals surface area contributed by atoms with Gasteiger partial charge in [-0.2, -0.15) is 5.10 Å². The van der Waals surface area contributed by atoms with Gasteiger partial charge < -0.3 is 5.32 Å². The molecule has 2 N–H and O–H groups in total. The molecule has 0 saturated carbocycles. The number of aromatic nitrogens is 2. The largest absolute Gasteiger partial charge is 0.344 e. The topological polar surface area (TPSA) is 57.8 Å². The Labute approximate surface area is 127 Å². The van der Waals surface area contributed by atoms with E-state index in [1.165, 1.54) is 6.07 Å². The van der Waals surface area contributed by atoms with Gasteiger partial charge in [0.2, 0.25) is 0 Å². The molecule has 0 bridgehead atoms. The first-order valence-electron chi connectivity index (χ1n) is 7.00. The average Bonchev–Trinajstić information content (AvgIpc) is 2.87. The monoisotopic (exact) mass is 307 g/mol. The van der Waals surface area contributed by atoms with Crippen molar-refractivity contribution >= 4 is 5.91 Å². The van der Waals surface area contributed by atoms with Crippen LogP contribution in [0.3, 0.4) is 0 Å². The van der Waals surface area contributed by atoms with Gasteiger partial charge in [-0.05, 0) is 19.1 Å². The second-order valence-electron chi connectivity index (χ2n) is 6.28. The van der Waals surface area contributed by atoms with Crippen LogP contribution >= 0.6 is 0 Å². The maximum Gasteiger partial charge on any atom is 0.272 e. The molecule has 22 heavy (non-hydrogen) atoms. The standard InChI is InChI=1S/C16H19F2N3O/c1-9(11-6-5-10(17)7-12(11)18)19-15(22)13-8-14(21-20-13)16(2,3)4/h5-9H,1-4H3,(H,19,22)(H,20,21). The Morgan fingerprint density at radius 2 is 1.95 bits per heavy atom. The highest BCUT2D eigenvalue weighted by Crippen LogP contribution is 2.21. The summed E-state index contributed by atoms with van der Waals surface area (Å²) in [6.45, 7) is 7.63. The minimum Gasteiger partial charge on any atom is -0.344 e. The van der Waals surface area contributed by atoms with Crippen LogP contribution in [0.5, 0.6) is 0 Å². The number of H-pyrrole nitrogens is 1. The van der Waals surface area contributed by atoms with Crippen LogP contribution in [-0.4, -0.2) is 16.1 Å². The van der Waals surface area contributed by atoms with Gasteiger partial charge in [0.25, 0.3) is 5.91 Å². The van der Waals surface area contributed by atoms with Gasteiger partial charge in [0, 0.05) is 22.7 Å². The maximum atomic E-state index is 13.7. The summed E-state index contributed by atoms with van der Waals surface area (Å²) in [5.74, 6) is -1.75. The normalized spacial score (nSPS) is 13.0. The second kappa shape index (κ2) is 5.87. The summed E-state index contributed by atoms with van der Waals surface area (Å²) in [5.41, 5.74) is 1.14. The van der Waals surface area contributed by atoms with Gasteiger partial charge >= 0.3 is 0 Å². The highest BCUT2D eigenvalue weighted by Gasteiger charge is 2.21. The molecule has 1 unspecified atom stereocenters. The molecule has 0 aliphatic heterocycles. The molecule has 0 saturated heterocycles. The maximum absolute atomic E-state index is 13.7. The lowest BCUT2D eigenvalue weighted by Gasteiger charge is -2.15. The third kappa shape index (κ3) is 3.50. The van der Waals surface area contributed by atoms with Crippen LogP contribution in [0.2, 0.25) is 0 Å². The fraction of sp³-hybridized carbons (Fsp3) is 0.375. The molecular weight excluding hydrogens is 288 g/mol. The average molecular weight is 307 g/mol. The number of benzene rings is 1. The van der Waals surface area contributed by atoms with Gasteiger partial charge in [0.05, 0.1) is 6.04 Å². The van der Waals surface area contributed by atoms with Crippen LogP contribution in [0.4, 0.5) is 8.78 Å². The molecule has 1 heterocycles. The molecular formula is C16H19F2N3O. The Morgan fingerprint density at radius 1 is 1.27 bits per heavy atom. The number of hydrogen-bond donors (Lipinski definition) is 2. The number of nitrogens with one attached hydrogen (secondary N) is 2. The van der Waals surface area contributed by atoms with Crippen molar-refractivity contribution in [1.29, 1.82) is 0 Å². The molecule has 0 aliphatic rings. The molecule has 1 aromatic carbocycles. The van der Waals surface area contributed by atoms with Gasteiger partial charge in [-0.25, -0.2) is 8.78 Å². The number of hydrogen-bond acceptors (Lipinski definition) is 2.